The molecular formula is C8H16N4O2. The van der Waals surface area contributed by atoms with Gasteiger partial charge in [-0.25, -0.2) is 4.98 Å². The van der Waals surface area contributed by atoms with E-state index in [1.807, 2.05) is 0 Å². The highest BCUT2D eigenvalue weighted by molar-refractivity contribution is 4.84. The molecule has 0 aliphatic carbocycles. The van der Waals surface area contributed by atoms with Crippen molar-refractivity contribution in [3.63, 3.8) is 0 Å². The maximum Gasteiger partial charge on any atom is 0.140 e. The molecule has 0 aliphatic rings. The van der Waals surface area contributed by atoms with Gasteiger partial charge in [0.25, 0.3) is 0 Å². The number of rotatable bonds is 5. The number of aliphatic hydroxyl groups excluding tert-OH is 1. The van der Waals surface area contributed by atoms with Crippen LogP contribution in [0.15, 0.2) is 6.33 Å². The second kappa shape index (κ2) is 4.50. The number of hydrogen-bond donors (Lipinski definition) is 3. The number of aryl methyl sites for hydroxylation is 1. The minimum Gasteiger partial charge on any atom is -0.393 e. The molecular weight excluding hydrogens is 184 g/mol. The Morgan fingerprint density at radius 3 is 2.86 bits per heavy atom. The number of hydrogen-bond acceptors (Lipinski definition) is 5. The second-order valence-corrected chi connectivity index (χ2v) is 3.56. The van der Waals surface area contributed by atoms with E-state index in [-0.39, 0.29) is 6.61 Å². The van der Waals surface area contributed by atoms with E-state index in [1.54, 1.807) is 18.7 Å². The van der Waals surface area contributed by atoms with Gasteiger partial charge in [0.05, 0.1) is 18.8 Å². The van der Waals surface area contributed by atoms with Gasteiger partial charge < -0.3 is 15.5 Å². The van der Waals surface area contributed by atoms with Gasteiger partial charge in [0, 0.05) is 13.6 Å². The van der Waals surface area contributed by atoms with Crippen LogP contribution >= 0.6 is 0 Å². The highest BCUT2D eigenvalue weighted by atomic mass is 16.3. The molecule has 1 aromatic rings. The standard InChI is InChI=1S/C8H16N4O2/c1-8(14,5-13)4-9-3-7-10-6-11-12(7)2/h6,9,13-14H,3-5H2,1-2H3. The van der Waals surface area contributed by atoms with Gasteiger partial charge in [0.15, 0.2) is 0 Å². The molecule has 6 nitrogen and oxygen atoms in total. The molecule has 3 N–H and O–H groups in total. The van der Waals surface area contributed by atoms with Crippen LogP contribution < -0.4 is 5.32 Å². The molecule has 1 aromatic heterocycles. The summed E-state index contributed by atoms with van der Waals surface area (Å²) < 4.78 is 1.65. The van der Waals surface area contributed by atoms with Crippen molar-refractivity contribution < 1.29 is 10.2 Å². The molecule has 0 saturated heterocycles. The monoisotopic (exact) mass is 200 g/mol. The summed E-state index contributed by atoms with van der Waals surface area (Å²) in [5, 5.41) is 25.1. The Hall–Kier alpha value is -0.980. The highest BCUT2D eigenvalue weighted by Gasteiger charge is 2.18. The topological polar surface area (TPSA) is 83.2 Å². The fourth-order valence-corrected chi connectivity index (χ4v) is 0.980. The summed E-state index contributed by atoms with van der Waals surface area (Å²) in [7, 11) is 1.80. The number of aromatic nitrogens is 3. The lowest BCUT2D eigenvalue weighted by Gasteiger charge is -2.20. The quantitative estimate of drug-likeness (QED) is 0.547. The van der Waals surface area contributed by atoms with Crippen molar-refractivity contribution in [2.75, 3.05) is 13.2 Å². The Bertz CT molecular complexity index is 285. The predicted molar refractivity (Wildman–Crippen MR) is 50.4 cm³/mol. The lowest BCUT2D eigenvalue weighted by Crippen LogP contribution is -2.40. The predicted octanol–water partition coefficient (Wildman–Crippen LogP) is -1.35. The van der Waals surface area contributed by atoms with E-state index in [0.717, 1.165) is 5.82 Å². The first kappa shape index (κ1) is 11.1. The van der Waals surface area contributed by atoms with Crippen LogP contribution in [0.3, 0.4) is 0 Å². The minimum absolute atomic E-state index is 0.265. The molecule has 0 aliphatic heterocycles. The van der Waals surface area contributed by atoms with Crippen molar-refractivity contribution in [3.05, 3.63) is 12.2 Å². The van der Waals surface area contributed by atoms with E-state index in [9.17, 15) is 5.11 Å². The van der Waals surface area contributed by atoms with Gasteiger partial charge in [0.2, 0.25) is 0 Å². The lowest BCUT2D eigenvalue weighted by atomic mass is 10.1. The molecule has 0 bridgehead atoms. The van der Waals surface area contributed by atoms with Crippen LogP contribution in [0.2, 0.25) is 0 Å². The van der Waals surface area contributed by atoms with Gasteiger partial charge in [-0.15, -0.1) is 0 Å². The molecule has 80 valence electrons. The number of nitrogens with zero attached hydrogens (tertiary/aromatic N) is 3. The fourth-order valence-electron chi connectivity index (χ4n) is 0.980. The summed E-state index contributed by atoms with van der Waals surface area (Å²) in [5.74, 6) is 0.790. The SMILES string of the molecule is Cn1ncnc1CNCC(C)(O)CO. The van der Waals surface area contributed by atoms with Gasteiger partial charge in [-0.1, -0.05) is 0 Å². The molecule has 1 atom stereocenters. The molecule has 0 aromatic carbocycles. The van der Waals surface area contributed by atoms with Crippen molar-refractivity contribution >= 4 is 0 Å². The lowest BCUT2D eigenvalue weighted by molar-refractivity contribution is 0.00238. The van der Waals surface area contributed by atoms with Gasteiger partial charge in [0.1, 0.15) is 12.2 Å². The first-order valence-corrected chi connectivity index (χ1v) is 4.42. The zero-order valence-electron chi connectivity index (χ0n) is 8.43. The summed E-state index contributed by atoms with van der Waals surface area (Å²) in [4.78, 5) is 4.01. The summed E-state index contributed by atoms with van der Waals surface area (Å²) in [6.07, 6.45) is 1.47. The molecule has 6 heteroatoms. The average Bonchev–Trinajstić information content (AvgIpc) is 2.52. The molecule has 1 unspecified atom stereocenters. The van der Waals surface area contributed by atoms with Crippen LogP contribution in [0.25, 0.3) is 0 Å². The van der Waals surface area contributed by atoms with Crippen molar-refractivity contribution in [2.45, 2.75) is 19.1 Å². The number of nitrogens with one attached hydrogen (secondary N) is 1. The highest BCUT2D eigenvalue weighted by Crippen LogP contribution is 1.99. The zero-order chi connectivity index (χ0) is 10.6. The van der Waals surface area contributed by atoms with Crippen molar-refractivity contribution in [3.8, 4) is 0 Å². The van der Waals surface area contributed by atoms with Crippen molar-refractivity contribution in [1.29, 1.82) is 0 Å². The van der Waals surface area contributed by atoms with Crippen LogP contribution in [0.4, 0.5) is 0 Å². The Kier molecular flexibility index (Phi) is 3.56. The molecule has 0 spiro atoms. The second-order valence-electron chi connectivity index (χ2n) is 3.56. The van der Waals surface area contributed by atoms with Crippen LogP contribution in [0, 0.1) is 0 Å². The van der Waals surface area contributed by atoms with E-state index in [1.165, 1.54) is 6.33 Å². The maximum atomic E-state index is 9.47. The Morgan fingerprint density at radius 1 is 1.64 bits per heavy atom. The van der Waals surface area contributed by atoms with Gasteiger partial charge >= 0.3 is 0 Å². The minimum atomic E-state index is -1.08. The third-order valence-corrected chi connectivity index (χ3v) is 1.93. The average molecular weight is 200 g/mol. The van der Waals surface area contributed by atoms with Gasteiger partial charge in [-0.05, 0) is 6.92 Å². The van der Waals surface area contributed by atoms with Gasteiger partial charge in [-0.2, -0.15) is 5.10 Å². The fraction of sp³-hybridized carbons (Fsp3) is 0.750. The molecule has 0 saturated carbocycles. The maximum absolute atomic E-state index is 9.47. The first-order chi connectivity index (χ1) is 6.55. The largest absolute Gasteiger partial charge is 0.393 e. The summed E-state index contributed by atoms with van der Waals surface area (Å²) >= 11 is 0. The van der Waals surface area contributed by atoms with Crippen molar-refractivity contribution in [2.24, 2.45) is 7.05 Å². The first-order valence-electron chi connectivity index (χ1n) is 4.42. The summed E-state index contributed by atoms with van der Waals surface area (Å²) in [5.41, 5.74) is -1.08. The third kappa shape index (κ3) is 3.06. The van der Waals surface area contributed by atoms with Gasteiger partial charge in [-0.3, -0.25) is 4.68 Å². The molecule has 1 heterocycles. The van der Waals surface area contributed by atoms with Crippen LogP contribution in [0.5, 0.6) is 0 Å². The van der Waals surface area contributed by atoms with Crippen LogP contribution in [-0.4, -0.2) is 43.7 Å². The molecule has 0 amide bonds. The Morgan fingerprint density at radius 2 is 2.36 bits per heavy atom. The van der Waals surface area contributed by atoms with E-state index in [2.05, 4.69) is 15.4 Å². The van der Waals surface area contributed by atoms with Crippen molar-refractivity contribution in [1.82, 2.24) is 20.1 Å². The molecule has 0 radical (unpaired) electrons. The zero-order valence-corrected chi connectivity index (χ0v) is 8.43. The Labute approximate surface area is 82.6 Å². The normalized spacial score (nSPS) is 15.4. The van der Waals surface area contributed by atoms with E-state index in [4.69, 9.17) is 5.11 Å². The van der Waals surface area contributed by atoms with Crippen LogP contribution in [-0.2, 0) is 13.6 Å². The smallest absolute Gasteiger partial charge is 0.140 e. The van der Waals surface area contributed by atoms with E-state index >= 15 is 0 Å². The summed E-state index contributed by atoms with van der Waals surface area (Å²) in [6.45, 7) is 2.14. The molecule has 14 heavy (non-hydrogen) atoms. The molecule has 1 rings (SSSR count). The Balaban J connectivity index is 2.32. The third-order valence-electron chi connectivity index (χ3n) is 1.93. The van der Waals surface area contributed by atoms with E-state index < -0.39 is 5.60 Å². The van der Waals surface area contributed by atoms with E-state index in [0.29, 0.717) is 13.1 Å². The van der Waals surface area contributed by atoms with Crippen LogP contribution in [0.1, 0.15) is 12.7 Å². The summed E-state index contributed by atoms with van der Waals surface area (Å²) in [6, 6.07) is 0. The number of aliphatic hydroxyl groups is 2. The molecule has 0 fully saturated rings.